The van der Waals surface area contributed by atoms with Crippen LogP contribution in [0.15, 0.2) is 0 Å². The lowest BCUT2D eigenvalue weighted by Gasteiger charge is -2.20. The lowest BCUT2D eigenvalue weighted by atomic mass is 10.4. The second-order valence-electron chi connectivity index (χ2n) is 4.22. The van der Waals surface area contributed by atoms with Gasteiger partial charge in [0.05, 0.1) is 24.9 Å². The maximum atomic E-state index is 11.7. The molecule has 0 rings (SSSR count). The van der Waals surface area contributed by atoms with Gasteiger partial charge in [-0.3, -0.25) is 4.57 Å². The highest BCUT2D eigenvalue weighted by molar-refractivity contribution is 7.53. The van der Waals surface area contributed by atoms with Crippen LogP contribution in [0.25, 0.3) is 0 Å². The van der Waals surface area contributed by atoms with E-state index in [1.807, 2.05) is 34.6 Å². The quantitative estimate of drug-likeness (QED) is 0.639. The van der Waals surface area contributed by atoms with Crippen LogP contribution in [0.1, 0.15) is 34.6 Å². The molecule has 2 atom stereocenters. The highest BCUT2D eigenvalue weighted by Crippen LogP contribution is 2.45. The van der Waals surface area contributed by atoms with E-state index in [4.69, 9.17) is 13.8 Å². The first-order chi connectivity index (χ1) is 6.73. The maximum Gasteiger partial charge on any atom is 0.327 e. The van der Waals surface area contributed by atoms with Gasteiger partial charge < -0.3 is 13.8 Å². The zero-order valence-corrected chi connectivity index (χ0v) is 11.4. The summed E-state index contributed by atoms with van der Waals surface area (Å²) in [4.78, 5) is 0. The summed E-state index contributed by atoms with van der Waals surface area (Å²) < 4.78 is 27.5. The van der Waals surface area contributed by atoms with Crippen LogP contribution in [0.5, 0.6) is 0 Å². The Hall–Kier alpha value is 0.110. The van der Waals surface area contributed by atoms with Crippen molar-refractivity contribution in [3.63, 3.8) is 0 Å². The van der Waals surface area contributed by atoms with Gasteiger partial charge >= 0.3 is 7.60 Å². The van der Waals surface area contributed by atoms with Crippen molar-refractivity contribution in [2.24, 2.45) is 0 Å². The first-order valence-corrected chi connectivity index (χ1v) is 7.28. The Morgan fingerprint density at radius 2 is 1.60 bits per heavy atom. The van der Waals surface area contributed by atoms with Crippen LogP contribution in [0.4, 0.5) is 0 Å². The Balaban J connectivity index is 3.87. The van der Waals surface area contributed by atoms with Crippen molar-refractivity contribution in [2.75, 3.05) is 13.3 Å². The lowest BCUT2D eigenvalue weighted by molar-refractivity contribution is -0.0103. The van der Waals surface area contributed by atoms with Crippen LogP contribution in [-0.2, 0) is 18.3 Å². The van der Waals surface area contributed by atoms with Crippen molar-refractivity contribution in [1.82, 2.24) is 0 Å². The van der Waals surface area contributed by atoms with Crippen LogP contribution in [0.2, 0.25) is 0 Å². The molecule has 0 aliphatic carbocycles. The van der Waals surface area contributed by atoms with Gasteiger partial charge in [0.25, 0.3) is 0 Å². The summed E-state index contributed by atoms with van der Waals surface area (Å²) in [5.41, 5.74) is 0. The maximum absolute atomic E-state index is 11.7. The number of ether oxygens (including phenoxy) is 1. The molecule has 1 unspecified atom stereocenters. The third-order valence-corrected chi connectivity index (χ3v) is 2.87. The second kappa shape index (κ2) is 6.64. The van der Waals surface area contributed by atoms with Gasteiger partial charge in [0, 0.05) is 6.66 Å². The average Bonchev–Trinajstić information content (AvgIpc) is 1.97. The summed E-state index contributed by atoms with van der Waals surface area (Å²) >= 11 is 0. The van der Waals surface area contributed by atoms with Gasteiger partial charge in [0.2, 0.25) is 0 Å². The van der Waals surface area contributed by atoms with Crippen molar-refractivity contribution >= 4 is 7.60 Å². The molecular weight excluding hydrogens is 215 g/mol. The predicted octanol–water partition coefficient (Wildman–Crippen LogP) is 3.06. The number of hydrogen-bond acceptors (Lipinski definition) is 4. The molecule has 0 saturated heterocycles. The molecule has 0 bridgehead atoms. The second-order valence-corrected chi connectivity index (χ2v) is 6.23. The first-order valence-electron chi connectivity index (χ1n) is 5.29. The summed E-state index contributed by atoms with van der Waals surface area (Å²) in [7, 11) is -2.93. The summed E-state index contributed by atoms with van der Waals surface area (Å²) in [6, 6.07) is 0. The molecule has 0 aromatic heterocycles. The van der Waals surface area contributed by atoms with Gasteiger partial charge in [-0.1, -0.05) is 0 Å². The van der Waals surface area contributed by atoms with E-state index in [9.17, 15) is 4.57 Å². The fraction of sp³-hybridized carbons (Fsp3) is 1.00. The standard InChI is InChI=1S/C10H23O4P/c1-8(2)13-10(5)7-12-15(6,11)14-9(3)4/h8-10H,7H2,1-6H3/t10-,15?/m1/s1. The summed E-state index contributed by atoms with van der Waals surface area (Å²) in [6.45, 7) is 11.2. The van der Waals surface area contributed by atoms with Crippen LogP contribution in [0, 0.1) is 0 Å². The lowest BCUT2D eigenvalue weighted by Crippen LogP contribution is -2.20. The third kappa shape index (κ3) is 9.06. The third-order valence-electron chi connectivity index (χ3n) is 1.45. The minimum Gasteiger partial charge on any atom is -0.373 e. The highest BCUT2D eigenvalue weighted by atomic mass is 31.2. The Bertz CT molecular complexity index is 215. The van der Waals surface area contributed by atoms with E-state index in [2.05, 4.69) is 0 Å². The van der Waals surface area contributed by atoms with Crippen LogP contribution in [-0.4, -0.2) is 31.6 Å². The minimum atomic E-state index is -2.93. The molecule has 92 valence electrons. The molecule has 0 saturated carbocycles. The van der Waals surface area contributed by atoms with Crippen molar-refractivity contribution in [3.05, 3.63) is 0 Å². The smallest absolute Gasteiger partial charge is 0.327 e. The zero-order valence-electron chi connectivity index (χ0n) is 10.5. The summed E-state index contributed by atoms with van der Waals surface area (Å²) in [6.07, 6.45) is -0.0259. The highest BCUT2D eigenvalue weighted by Gasteiger charge is 2.20. The summed E-state index contributed by atoms with van der Waals surface area (Å²) in [5.74, 6) is 0. The van der Waals surface area contributed by atoms with Crippen molar-refractivity contribution in [3.8, 4) is 0 Å². The topological polar surface area (TPSA) is 44.8 Å². The molecule has 15 heavy (non-hydrogen) atoms. The monoisotopic (exact) mass is 238 g/mol. The molecule has 0 aromatic rings. The Morgan fingerprint density at radius 3 is 2.00 bits per heavy atom. The molecule has 0 aromatic carbocycles. The molecule has 0 aliphatic heterocycles. The summed E-state index contributed by atoms with van der Waals surface area (Å²) in [5, 5.41) is 0. The van der Waals surface area contributed by atoms with Gasteiger partial charge in [-0.25, -0.2) is 0 Å². The first kappa shape index (κ1) is 15.1. The minimum absolute atomic E-state index is 0.0750. The van der Waals surface area contributed by atoms with Crippen molar-refractivity contribution in [1.29, 1.82) is 0 Å². The average molecular weight is 238 g/mol. The van der Waals surface area contributed by atoms with Crippen LogP contribution < -0.4 is 0 Å². The van der Waals surface area contributed by atoms with Gasteiger partial charge in [0.15, 0.2) is 0 Å². The van der Waals surface area contributed by atoms with E-state index in [-0.39, 0.29) is 18.3 Å². The SMILES string of the molecule is CC(C)O[C@H](C)COP(C)(=O)OC(C)C. The van der Waals surface area contributed by atoms with Crippen molar-refractivity contribution in [2.45, 2.75) is 52.9 Å². The molecule has 5 heteroatoms. The molecule has 0 fully saturated rings. The predicted molar refractivity (Wildman–Crippen MR) is 61.4 cm³/mol. The molecule has 0 spiro atoms. The van der Waals surface area contributed by atoms with Gasteiger partial charge in [0.1, 0.15) is 0 Å². The van der Waals surface area contributed by atoms with E-state index in [0.29, 0.717) is 6.61 Å². The largest absolute Gasteiger partial charge is 0.373 e. The molecule has 4 nitrogen and oxygen atoms in total. The van der Waals surface area contributed by atoms with Crippen LogP contribution in [0.3, 0.4) is 0 Å². The Morgan fingerprint density at radius 1 is 1.07 bits per heavy atom. The molecule has 0 N–H and O–H groups in total. The Kier molecular flexibility index (Phi) is 6.69. The van der Waals surface area contributed by atoms with E-state index in [1.54, 1.807) is 0 Å². The number of hydrogen-bond donors (Lipinski definition) is 0. The Labute approximate surface area is 92.8 Å². The zero-order chi connectivity index (χ0) is 12.1. The van der Waals surface area contributed by atoms with Gasteiger partial charge in [-0.05, 0) is 34.6 Å². The molecule has 0 radical (unpaired) electrons. The molecule has 0 aliphatic rings. The van der Waals surface area contributed by atoms with E-state index < -0.39 is 7.60 Å². The fourth-order valence-corrected chi connectivity index (χ4v) is 2.47. The van der Waals surface area contributed by atoms with E-state index in [1.165, 1.54) is 6.66 Å². The normalized spacial score (nSPS) is 18.1. The van der Waals surface area contributed by atoms with Gasteiger partial charge in [-0.2, -0.15) is 0 Å². The molecule has 0 amide bonds. The molecule has 0 heterocycles. The van der Waals surface area contributed by atoms with E-state index >= 15 is 0 Å². The molecular formula is C10H23O4P. The van der Waals surface area contributed by atoms with Crippen molar-refractivity contribution < 1.29 is 18.3 Å². The fourth-order valence-electron chi connectivity index (χ4n) is 1.16. The van der Waals surface area contributed by atoms with E-state index in [0.717, 1.165) is 0 Å². The van der Waals surface area contributed by atoms with Gasteiger partial charge in [-0.15, -0.1) is 0 Å². The van der Waals surface area contributed by atoms with Crippen LogP contribution >= 0.6 is 7.60 Å². The number of rotatable bonds is 7.